The average Bonchev–Trinajstić information content (AvgIpc) is 2.86. The van der Waals surface area contributed by atoms with Gasteiger partial charge in [0.1, 0.15) is 22.0 Å². The van der Waals surface area contributed by atoms with E-state index < -0.39 is 7.26 Å². The summed E-state index contributed by atoms with van der Waals surface area (Å²) >= 11 is 0. The number of benzene rings is 4. The van der Waals surface area contributed by atoms with Crippen LogP contribution in [0.15, 0.2) is 133 Å². The van der Waals surface area contributed by atoms with Crippen LogP contribution in [-0.4, -0.2) is 0 Å². The molecule has 31 heavy (non-hydrogen) atoms. The fourth-order valence-corrected chi connectivity index (χ4v) is 7.91. The maximum absolute atomic E-state index is 10.4. The Kier molecular flexibility index (Phi) is 6.58. The van der Waals surface area contributed by atoms with E-state index >= 15 is 0 Å². The monoisotopic (exact) mass is 419 g/mol. The van der Waals surface area contributed by atoms with Crippen LogP contribution in [0.2, 0.25) is 0 Å². The Morgan fingerprint density at radius 2 is 1.03 bits per heavy atom. The van der Waals surface area contributed by atoms with E-state index in [0.717, 1.165) is 5.31 Å². The Morgan fingerprint density at radius 1 is 0.645 bits per heavy atom. The minimum Gasteiger partial charge on any atom is -0.383 e. The highest BCUT2D eigenvalue weighted by atomic mass is 31.2. The van der Waals surface area contributed by atoms with Gasteiger partial charge in [-0.3, -0.25) is 0 Å². The molecule has 0 radical (unpaired) electrons. The van der Waals surface area contributed by atoms with Crippen LogP contribution in [0.1, 0.15) is 5.56 Å². The molecule has 150 valence electrons. The molecule has 4 aromatic carbocycles. The van der Waals surface area contributed by atoms with Crippen molar-refractivity contribution in [1.82, 2.24) is 5.32 Å². The predicted molar refractivity (Wildman–Crippen MR) is 132 cm³/mol. The van der Waals surface area contributed by atoms with Gasteiger partial charge >= 0.3 is 0 Å². The zero-order valence-electron chi connectivity index (χ0n) is 17.2. The molecule has 0 saturated carbocycles. The van der Waals surface area contributed by atoms with Gasteiger partial charge in [0.15, 0.2) is 7.26 Å². The molecule has 0 aliphatic heterocycles. The van der Waals surface area contributed by atoms with Crippen LogP contribution in [0.25, 0.3) is 0 Å². The first-order chi connectivity index (χ1) is 15.4. The lowest BCUT2D eigenvalue weighted by atomic mass is 10.2. The summed E-state index contributed by atoms with van der Waals surface area (Å²) in [6.07, 6.45) is 1.92. The molecule has 0 fully saturated rings. The molecule has 1 N–H and O–H groups in total. The van der Waals surface area contributed by atoms with E-state index in [4.69, 9.17) is 0 Å². The van der Waals surface area contributed by atoms with Crippen molar-refractivity contribution in [1.29, 1.82) is 5.26 Å². The van der Waals surface area contributed by atoms with E-state index in [1.165, 1.54) is 21.5 Å². The molecule has 0 spiro atoms. The number of hydrogen-bond acceptors (Lipinski definition) is 2. The molecular weight excluding hydrogens is 395 g/mol. The van der Waals surface area contributed by atoms with Crippen molar-refractivity contribution in [2.45, 2.75) is 6.54 Å². The molecule has 0 aliphatic carbocycles. The fourth-order valence-electron chi connectivity index (χ4n) is 3.88. The Morgan fingerprint density at radius 3 is 1.42 bits per heavy atom. The Hall–Kier alpha value is -3.66. The lowest BCUT2D eigenvalue weighted by Crippen LogP contribution is -2.32. The summed E-state index contributed by atoms with van der Waals surface area (Å²) in [5.41, 5.74) is 1.18. The van der Waals surface area contributed by atoms with Crippen molar-refractivity contribution in [3.63, 3.8) is 0 Å². The van der Waals surface area contributed by atoms with Crippen molar-refractivity contribution in [3.8, 4) is 6.07 Å². The van der Waals surface area contributed by atoms with Gasteiger partial charge in [-0.2, -0.15) is 5.26 Å². The number of nitriles is 1. The van der Waals surface area contributed by atoms with Crippen molar-refractivity contribution in [2.24, 2.45) is 0 Å². The molecule has 4 aromatic rings. The average molecular weight is 419 g/mol. The van der Waals surface area contributed by atoms with Crippen LogP contribution in [0.3, 0.4) is 0 Å². The molecule has 0 saturated heterocycles. The highest BCUT2D eigenvalue weighted by Crippen LogP contribution is 2.61. The molecule has 0 bridgehead atoms. The molecule has 0 amide bonds. The van der Waals surface area contributed by atoms with Crippen LogP contribution in [-0.2, 0) is 6.54 Å². The largest absolute Gasteiger partial charge is 0.383 e. The first-order valence-corrected chi connectivity index (χ1v) is 12.1. The first kappa shape index (κ1) is 20.6. The summed E-state index contributed by atoms with van der Waals surface area (Å²) in [6, 6.07) is 44.1. The maximum Gasteiger partial charge on any atom is 0.201 e. The lowest BCUT2D eigenvalue weighted by Gasteiger charge is -2.26. The summed E-state index contributed by atoms with van der Waals surface area (Å²) in [5.74, 6) is 0. The zero-order valence-corrected chi connectivity index (χ0v) is 18.1. The summed E-state index contributed by atoms with van der Waals surface area (Å²) in [7, 11) is -2.35. The van der Waals surface area contributed by atoms with Crippen LogP contribution < -0.4 is 21.2 Å². The van der Waals surface area contributed by atoms with Crippen molar-refractivity contribution >= 4 is 23.2 Å². The molecule has 2 nitrogen and oxygen atoms in total. The summed E-state index contributed by atoms with van der Waals surface area (Å²) in [4.78, 5) is 0. The highest BCUT2D eigenvalue weighted by molar-refractivity contribution is 7.99. The second kappa shape index (κ2) is 9.90. The smallest absolute Gasteiger partial charge is 0.201 e. The Labute approximate surface area is 184 Å². The number of rotatable bonds is 7. The Bertz CT molecular complexity index is 1070. The summed E-state index contributed by atoms with van der Waals surface area (Å²) in [6.45, 7) is 0.671. The van der Waals surface area contributed by atoms with Gasteiger partial charge < -0.3 is 5.32 Å². The molecule has 0 atom stereocenters. The van der Waals surface area contributed by atoms with Crippen molar-refractivity contribution in [2.75, 3.05) is 0 Å². The van der Waals surface area contributed by atoms with E-state index in [-0.39, 0.29) is 0 Å². The standard InChI is InChI=1S/C28H24N2P/c29-21-28(23-30-22-24-13-5-1-6-14-24)31(25-15-7-2-8-16-25,26-17-9-3-10-18-26)27-19-11-4-12-20-27/h1-20,23,30H,22H2/q+1. The molecule has 0 aromatic heterocycles. The minimum atomic E-state index is -2.35. The number of nitrogens with zero attached hydrogens (tertiary/aromatic N) is 1. The van der Waals surface area contributed by atoms with Gasteiger partial charge in [0.25, 0.3) is 0 Å². The van der Waals surface area contributed by atoms with Gasteiger partial charge in [-0.15, -0.1) is 0 Å². The highest BCUT2D eigenvalue weighted by Gasteiger charge is 2.50. The third kappa shape index (κ3) is 4.29. The second-order valence-corrected chi connectivity index (χ2v) is 10.6. The van der Waals surface area contributed by atoms with Crippen molar-refractivity contribution < 1.29 is 0 Å². The van der Waals surface area contributed by atoms with Crippen LogP contribution in [0.5, 0.6) is 0 Å². The van der Waals surface area contributed by atoms with Gasteiger partial charge in [-0.25, -0.2) is 0 Å². The van der Waals surface area contributed by atoms with Crippen molar-refractivity contribution in [3.05, 3.63) is 138 Å². The molecule has 3 heteroatoms. The van der Waals surface area contributed by atoms with Gasteiger partial charge in [0.2, 0.25) is 5.31 Å². The van der Waals surface area contributed by atoms with Gasteiger partial charge in [-0.05, 0) is 42.0 Å². The topological polar surface area (TPSA) is 35.8 Å². The quantitative estimate of drug-likeness (QED) is 0.333. The number of hydrogen-bond donors (Lipinski definition) is 1. The van der Waals surface area contributed by atoms with Gasteiger partial charge in [-0.1, -0.05) is 84.9 Å². The number of allylic oxidation sites excluding steroid dienone is 1. The molecule has 4 rings (SSSR count). The maximum atomic E-state index is 10.4. The normalized spacial score (nSPS) is 11.5. The Balaban J connectivity index is 1.90. The summed E-state index contributed by atoms with van der Waals surface area (Å²) < 4.78 is 0. The third-order valence-corrected chi connectivity index (χ3v) is 9.46. The lowest BCUT2D eigenvalue weighted by molar-refractivity contribution is 0.868. The van der Waals surface area contributed by atoms with E-state index in [9.17, 15) is 5.26 Å². The summed E-state index contributed by atoms with van der Waals surface area (Å²) in [5, 5.41) is 18.1. The van der Waals surface area contributed by atoms with E-state index in [1.807, 2.05) is 42.6 Å². The van der Waals surface area contributed by atoms with Crippen LogP contribution in [0, 0.1) is 11.3 Å². The van der Waals surface area contributed by atoms with E-state index in [0.29, 0.717) is 6.54 Å². The van der Waals surface area contributed by atoms with Crippen LogP contribution >= 0.6 is 7.26 Å². The number of nitrogens with one attached hydrogen (secondary N) is 1. The molecule has 0 heterocycles. The molecular formula is C28H24N2P+. The third-order valence-electron chi connectivity index (χ3n) is 5.29. The molecule has 0 unspecified atom stereocenters. The first-order valence-electron chi connectivity index (χ1n) is 10.3. The van der Waals surface area contributed by atoms with E-state index in [1.54, 1.807) is 0 Å². The van der Waals surface area contributed by atoms with Gasteiger partial charge in [0, 0.05) is 6.54 Å². The van der Waals surface area contributed by atoms with E-state index in [2.05, 4.69) is 96.3 Å². The zero-order chi connectivity index (χ0) is 21.4. The predicted octanol–water partition coefficient (Wildman–Crippen LogP) is 5.14. The minimum absolute atomic E-state index is 0.671. The second-order valence-electron chi connectivity index (χ2n) is 7.19. The molecule has 0 aliphatic rings. The fraction of sp³-hybridized carbons (Fsp3) is 0.0357. The van der Waals surface area contributed by atoms with Crippen LogP contribution in [0.4, 0.5) is 0 Å². The van der Waals surface area contributed by atoms with Gasteiger partial charge in [0.05, 0.1) is 6.20 Å². The SMILES string of the molecule is N#CC(=CNCc1ccccc1)[P+](c1ccccc1)(c1ccccc1)c1ccccc1.